The lowest BCUT2D eigenvalue weighted by Gasteiger charge is -2.36. The molecule has 4 aromatic carbocycles. The van der Waals surface area contributed by atoms with Crippen LogP contribution in [0.5, 0.6) is 11.5 Å². The molecule has 42 heavy (non-hydrogen) atoms. The number of nitrogens with zero attached hydrogens (tertiary/aromatic N) is 2. The molecule has 0 saturated carbocycles. The Hall–Kier alpha value is -3.87. The van der Waals surface area contributed by atoms with Crippen molar-refractivity contribution in [2.24, 2.45) is 0 Å². The van der Waals surface area contributed by atoms with E-state index in [-0.39, 0.29) is 18.0 Å². The number of benzene rings is 4. The van der Waals surface area contributed by atoms with Gasteiger partial charge in [0.25, 0.3) is 0 Å². The van der Waals surface area contributed by atoms with Crippen LogP contribution < -0.4 is 14.8 Å². The van der Waals surface area contributed by atoms with E-state index in [4.69, 9.17) is 9.47 Å². The van der Waals surface area contributed by atoms with Crippen LogP contribution in [0, 0.1) is 0 Å². The standard InChI is InChI=1S/C36H39N3O3/c1-41-34-18-29-13-14-38(22-30(29)19-35(34)42-2)36(40)33-20-31(23-39(33)32-16-27-9-5-6-10-28(27)17-32)37-21-24-11-12-25-7-3-4-8-26(25)15-24/h3-12,15,18-19,31-33,37H,13-14,16-17,20-23H2,1-2H3/t31-,33-/m0/s1. The van der Waals surface area contributed by atoms with E-state index in [0.717, 1.165) is 62.4 Å². The summed E-state index contributed by atoms with van der Waals surface area (Å²) in [6, 6.07) is 28.6. The van der Waals surface area contributed by atoms with E-state index in [9.17, 15) is 4.79 Å². The molecule has 0 aromatic heterocycles. The minimum atomic E-state index is -0.125. The molecule has 1 N–H and O–H groups in total. The minimum absolute atomic E-state index is 0.125. The quantitative estimate of drug-likeness (QED) is 0.339. The highest BCUT2D eigenvalue weighted by Crippen LogP contribution is 2.35. The highest BCUT2D eigenvalue weighted by molar-refractivity contribution is 5.83. The van der Waals surface area contributed by atoms with E-state index in [1.165, 1.54) is 33.0 Å². The molecule has 7 rings (SSSR count). The molecular formula is C36H39N3O3. The topological polar surface area (TPSA) is 54.0 Å². The summed E-state index contributed by atoms with van der Waals surface area (Å²) in [6.45, 7) is 3.02. The maximum atomic E-state index is 14.3. The van der Waals surface area contributed by atoms with Gasteiger partial charge >= 0.3 is 0 Å². The van der Waals surface area contributed by atoms with Gasteiger partial charge in [-0.15, -0.1) is 0 Å². The van der Waals surface area contributed by atoms with Gasteiger partial charge in [0, 0.05) is 38.3 Å². The van der Waals surface area contributed by atoms with Gasteiger partial charge in [0.15, 0.2) is 11.5 Å². The molecule has 6 heteroatoms. The van der Waals surface area contributed by atoms with Crippen molar-refractivity contribution in [3.63, 3.8) is 0 Å². The van der Waals surface area contributed by atoms with Crippen molar-refractivity contribution in [2.45, 2.75) is 56.9 Å². The van der Waals surface area contributed by atoms with E-state index >= 15 is 0 Å². The Labute approximate surface area is 248 Å². The zero-order chi connectivity index (χ0) is 28.6. The lowest BCUT2D eigenvalue weighted by atomic mass is 9.97. The summed E-state index contributed by atoms with van der Waals surface area (Å²) in [5.41, 5.74) is 6.51. The SMILES string of the molecule is COc1cc2c(cc1OC)CN(C(=O)[C@@H]1C[C@H](NCc3ccc4ccccc4c3)CN1C1Cc3ccccc3C1)CC2. The third-order valence-electron chi connectivity index (χ3n) is 9.56. The van der Waals surface area contributed by atoms with E-state index in [0.29, 0.717) is 12.6 Å². The Balaban J connectivity index is 1.10. The summed E-state index contributed by atoms with van der Waals surface area (Å²) < 4.78 is 11.1. The lowest BCUT2D eigenvalue weighted by Crippen LogP contribution is -2.50. The minimum Gasteiger partial charge on any atom is -0.493 e. The molecule has 2 atom stereocenters. The molecule has 0 bridgehead atoms. The van der Waals surface area contributed by atoms with Gasteiger partial charge in [-0.05, 0) is 82.5 Å². The number of likely N-dealkylation sites (tertiary alicyclic amines) is 1. The normalized spacial score (nSPS) is 20.5. The molecule has 0 spiro atoms. The van der Waals surface area contributed by atoms with Crippen molar-refractivity contribution < 1.29 is 14.3 Å². The summed E-state index contributed by atoms with van der Waals surface area (Å²) in [5.74, 6) is 1.72. The second kappa shape index (κ2) is 11.4. The van der Waals surface area contributed by atoms with Crippen molar-refractivity contribution in [3.05, 3.63) is 107 Å². The van der Waals surface area contributed by atoms with Gasteiger partial charge in [0.1, 0.15) is 0 Å². The molecule has 1 aliphatic carbocycles. The lowest BCUT2D eigenvalue weighted by molar-refractivity contribution is -0.137. The molecule has 1 fully saturated rings. The van der Waals surface area contributed by atoms with E-state index in [2.05, 4.69) is 87.9 Å². The van der Waals surface area contributed by atoms with Gasteiger partial charge in [-0.25, -0.2) is 0 Å². The molecule has 216 valence electrons. The summed E-state index contributed by atoms with van der Waals surface area (Å²) in [7, 11) is 3.33. The summed E-state index contributed by atoms with van der Waals surface area (Å²) >= 11 is 0. The average Bonchev–Trinajstić information content (AvgIpc) is 3.67. The third-order valence-corrected chi connectivity index (χ3v) is 9.56. The number of ether oxygens (including phenoxy) is 2. The third kappa shape index (κ3) is 5.14. The van der Waals surface area contributed by atoms with Crippen LogP contribution in [-0.2, 0) is 37.1 Å². The second-order valence-corrected chi connectivity index (χ2v) is 12.0. The van der Waals surface area contributed by atoms with Crippen molar-refractivity contribution in [1.29, 1.82) is 0 Å². The molecule has 4 aromatic rings. The van der Waals surface area contributed by atoms with Gasteiger partial charge < -0.3 is 19.7 Å². The molecule has 1 amide bonds. The number of carbonyl (C=O) groups is 1. The summed E-state index contributed by atoms with van der Waals surface area (Å²) in [4.78, 5) is 18.9. The maximum absolute atomic E-state index is 14.3. The van der Waals surface area contributed by atoms with Crippen LogP contribution in [0.3, 0.4) is 0 Å². The van der Waals surface area contributed by atoms with Gasteiger partial charge in [0.05, 0.1) is 20.3 Å². The van der Waals surface area contributed by atoms with Crippen LogP contribution >= 0.6 is 0 Å². The molecule has 2 aliphatic heterocycles. The van der Waals surface area contributed by atoms with E-state index < -0.39 is 0 Å². The first-order valence-corrected chi connectivity index (χ1v) is 15.2. The molecule has 6 nitrogen and oxygen atoms in total. The highest BCUT2D eigenvalue weighted by Gasteiger charge is 2.43. The first kappa shape index (κ1) is 27.0. The Bertz CT molecular complexity index is 1590. The predicted octanol–water partition coefficient (Wildman–Crippen LogP) is 5.14. The van der Waals surface area contributed by atoms with Gasteiger partial charge in [0.2, 0.25) is 5.91 Å². The largest absolute Gasteiger partial charge is 0.493 e. The van der Waals surface area contributed by atoms with Crippen molar-refractivity contribution in [1.82, 2.24) is 15.1 Å². The number of rotatable bonds is 7. The number of hydrogen-bond acceptors (Lipinski definition) is 5. The van der Waals surface area contributed by atoms with Gasteiger partial charge in [-0.3, -0.25) is 9.69 Å². The molecule has 0 radical (unpaired) electrons. The monoisotopic (exact) mass is 561 g/mol. The maximum Gasteiger partial charge on any atom is 0.240 e. The number of nitrogens with one attached hydrogen (secondary N) is 1. The Kier molecular flexibility index (Phi) is 7.34. The molecular weight excluding hydrogens is 522 g/mol. The fraction of sp³-hybridized carbons (Fsp3) is 0.361. The molecule has 2 heterocycles. The number of amides is 1. The molecule has 0 unspecified atom stereocenters. The zero-order valence-corrected chi connectivity index (χ0v) is 24.5. The number of carbonyl (C=O) groups excluding carboxylic acids is 1. The van der Waals surface area contributed by atoms with Crippen LogP contribution in [-0.4, -0.2) is 61.1 Å². The van der Waals surface area contributed by atoms with Gasteiger partial charge in [-0.2, -0.15) is 0 Å². The average molecular weight is 562 g/mol. The summed E-state index contributed by atoms with van der Waals surface area (Å²) in [5, 5.41) is 6.35. The fourth-order valence-electron chi connectivity index (χ4n) is 7.32. The van der Waals surface area contributed by atoms with Crippen LogP contribution in [0.15, 0.2) is 78.9 Å². The van der Waals surface area contributed by atoms with Crippen molar-refractivity contribution >= 4 is 16.7 Å². The zero-order valence-electron chi connectivity index (χ0n) is 24.5. The van der Waals surface area contributed by atoms with Crippen LogP contribution in [0.1, 0.15) is 34.2 Å². The smallest absolute Gasteiger partial charge is 0.240 e. The van der Waals surface area contributed by atoms with Crippen LogP contribution in [0.4, 0.5) is 0 Å². The van der Waals surface area contributed by atoms with E-state index in [1.54, 1.807) is 14.2 Å². The first-order chi connectivity index (χ1) is 20.6. The Morgan fingerprint density at radius 1 is 0.833 bits per heavy atom. The second-order valence-electron chi connectivity index (χ2n) is 12.0. The van der Waals surface area contributed by atoms with Crippen molar-refractivity contribution in [2.75, 3.05) is 27.3 Å². The Morgan fingerprint density at radius 3 is 2.26 bits per heavy atom. The molecule has 3 aliphatic rings. The highest BCUT2D eigenvalue weighted by atomic mass is 16.5. The number of hydrogen-bond donors (Lipinski definition) is 1. The summed E-state index contributed by atoms with van der Waals surface area (Å²) in [6.07, 6.45) is 3.68. The van der Waals surface area contributed by atoms with Crippen LogP contribution in [0.2, 0.25) is 0 Å². The first-order valence-electron chi connectivity index (χ1n) is 15.2. The van der Waals surface area contributed by atoms with Gasteiger partial charge in [-0.1, -0.05) is 60.7 Å². The van der Waals surface area contributed by atoms with Crippen molar-refractivity contribution in [3.8, 4) is 11.5 Å². The number of methoxy groups -OCH3 is 2. The molecule has 1 saturated heterocycles. The fourth-order valence-corrected chi connectivity index (χ4v) is 7.32. The Morgan fingerprint density at radius 2 is 1.52 bits per heavy atom. The van der Waals surface area contributed by atoms with Crippen LogP contribution in [0.25, 0.3) is 10.8 Å². The van der Waals surface area contributed by atoms with E-state index in [1.807, 2.05) is 6.07 Å². The predicted molar refractivity (Wildman–Crippen MR) is 166 cm³/mol. The number of fused-ring (bicyclic) bond motifs is 3.